The normalized spacial score (nSPS) is 16.7. The highest BCUT2D eigenvalue weighted by atomic mass is 32.1. The minimum absolute atomic E-state index is 0.0757. The summed E-state index contributed by atoms with van der Waals surface area (Å²) in [6.45, 7) is 2.04. The smallest absolute Gasteiger partial charge is 0.270 e. The molecule has 1 amide bonds. The van der Waals surface area contributed by atoms with Crippen LogP contribution in [0.5, 0.6) is 0 Å². The number of hydrogen-bond acceptors (Lipinski definition) is 5. The van der Waals surface area contributed by atoms with Gasteiger partial charge in [-0.2, -0.15) is 0 Å². The molecule has 0 saturated heterocycles. The summed E-state index contributed by atoms with van der Waals surface area (Å²) in [5, 5.41) is 5.76. The summed E-state index contributed by atoms with van der Waals surface area (Å²) in [5.74, 6) is -0.0757. The number of nitrogens with one attached hydrogen (secondary N) is 1. The zero-order chi connectivity index (χ0) is 14.4. The van der Waals surface area contributed by atoms with Gasteiger partial charge in [-0.05, 0) is 31.2 Å². The molecule has 2 rings (SSSR count). The molecule has 1 aromatic rings. The highest BCUT2D eigenvalue weighted by Crippen LogP contribution is 2.43. The zero-order valence-corrected chi connectivity index (χ0v) is 12.8. The average molecular weight is 297 g/mol. The van der Waals surface area contributed by atoms with Crippen LogP contribution in [0.3, 0.4) is 0 Å². The Morgan fingerprint density at radius 1 is 1.60 bits per heavy atom. The molecule has 0 radical (unpaired) electrons. The van der Waals surface area contributed by atoms with E-state index >= 15 is 0 Å². The van der Waals surface area contributed by atoms with Crippen LogP contribution in [0, 0.1) is 5.41 Å². The van der Waals surface area contributed by atoms with Crippen LogP contribution in [0.1, 0.15) is 41.2 Å². The van der Waals surface area contributed by atoms with E-state index in [1.54, 1.807) is 7.11 Å². The summed E-state index contributed by atoms with van der Waals surface area (Å²) < 4.78 is 5.16. The summed E-state index contributed by atoms with van der Waals surface area (Å²) in [6.07, 6.45) is 5.34. The average Bonchev–Trinajstić information content (AvgIpc) is 2.86. The molecule has 6 heteroatoms. The van der Waals surface area contributed by atoms with Gasteiger partial charge in [0.15, 0.2) is 0 Å². The number of methoxy groups -OCH3 is 1. The van der Waals surface area contributed by atoms with Gasteiger partial charge in [-0.3, -0.25) is 4.79 Å². The van der Waals surface area contributed by atoms with E-state index in [0.717, 1.165) is 31.0 Å². The van der Waals surface area contributed by atoms with Crippen molar-refractivity contribution in [3.63, 3.8) is 0 Å². The van der Waals surface area contributed by atoms with E-state index in [2.05, 4.69) is 10.3 Å². The predicted octanol–water partition coefficient (Wildman–Crippen LogP) is 1.58. The van der Waals surface area contributed by atoms with Crippen LogP contribution in [0.2, 0.25) is 0 Å². The molecular weight excluding hydrogens is 274 g/mol. The molecule has 5 nitrogen and oxygen atoms in total. The summed E-state index contributed by atoms with van der Waals surface area (Å²) in [6, 6.07) is 0. The Morgan fingerprint density at radius 3 is 3.00 bits per heavy atom. The second-order valence-electron chi connectivity index (χ2n) is 5.44. The number of carbonyl (C=O) groups excluding carboxylic acids is 1. The Morgan fingerprint density at radius 2 is 2.40 bits per heavy atom. The molecular formula is C14H23N3O2S. The van der Waals surface area contributed by atoms with Gasteiger partial charge in [0, 0.05) is 32.1 Å². The summed E-state index contributed by atoms with van der Waals surface area (Å²) in [5.41, 5.74) is 6.24. The van der Waals surface area contributed by atoms with E-state index in [9.17, 15) is 4.79 Å². The zero-order valence-electron chi connectivity index (χ0n) is 12.0. The molecule has 1 aromatic heterocycles. The van der Waals surface area contributed by atoms with E-state index < -0.39 is 0 Å². The lowest BCUT2D eigenvalue weighted by Gasteiger charge is -2.42. The van der Waals surface area contributed by atoms with Gasteiger partial charge < -0.3 is 15.8 Å². The van der Waals surface area contributed by atoms with Gasteiger partial charge in [0.05, 0.1) is 5.01 Å². The Balaban J connectivity index is 1.84. The number of ether oxygens (including phenoxy) is 1. The maximum atomic E-state index is 12.1. The second-order valence-corrected chi connectivity index (χ2v) is 6.39. The molecule has 1 fully saturated rings. The Hall–Kier alpha value is -0.980. The van der Waals surface area contributed by atoms with Crippen molar-refractivity contribution in [2.45, 2.75) is 32.1 Å². The van der Waals surface area contributed by atoms with Gasteiger partial charge >= 0.3 is 0 Å². The Kier molecular flexibility index (Phi) is 5.51. The van der Waals surface area contributed by atoms with Crippen molar-refractivity contribution in [1.29, 1.82) is 0 Å². The van der Waals surface area contributed by atoms with Gasteiger partial charge in [-0.15, -0.1) is 11.3 Å². The standard InChI is InChI=1S/C14H23N3O2S/c1-19-8-6-14(4-2-5-14)10-16-13(18)11-9-20-12(17-11)3-7-15/h9H,2-8,10,15H2,1H3,(H,16,18). The van der Waals surface area contributed by atoms with Gasteiger partial charge in [0.25, 0.3) is 5.91 Å². The number of carbonyl (C=O) groups is 1. The van der Waals surface area contributed by atoms with Gasteiger partial charge in [0.1, 0.15) is 5.69 Å². The van der Waals surface area contributed by atoms with Crippen molar-refractivity contribution in [3.05, 3.63) is 16.1 Å². The van der Waals surface area contributed by atoms with E-state index in [4.69, 9.17) is 10.5 Å². The Bertz CT molecular complexity index is 443. The number of thiazole rings is 1. The fourth-order valence-corrected chi connectivity index (χ4v) is 3.32. The van der Waals surface area contributed by atoms with Crippen molar-refractivity contribution >= 4 is 17.2 Å². The summed E-state index contributed by atoms with van der Waals surface area (Å²) in [4.78, 5) is 16.4. The van der Waals surface area contributed by atoms with Crippen molar-refractivity contribution in [3.8, 4) is 0 Å². The molecule has 1 aliphatic rings. The SMILES string of the molecule is COCCC1(CNC(=O)c2csc(CCN)n2)CCC1. The lowest BCUT2D eigenvalue weighted by atomic mass is 9.67. The Labute approximate surface area is 123 Å². The third kappa shape index (κ3) is 3.77. The first-order chi connectivity index (χ1) is 9.69. The predicted molar refractivity (Wildman–Crippen MR) is 80.0 cm³/mol. The molecule has 0 spiro atoms. The number of rotatable bonds is 8. The van der Waals surface area contributed by atoms with E-state index in [1.165, 1.54) is 30.6 Å². The van der Waals surface area contributed by atoms with Crippen LogP contribution < -0.4 is 11.1 Å². The second kappa shape index (κ2) is 7.15. The molecule has 112 valence electrons. The fraction of sp³-hybridized carbons (Fsp3) is 0.714. The van der Waals surface area contributed by atoms with Gasteiger partial charge in [-0.25, -0.2) is 4.98 Å². The highest BCUT2D eigenvalue weighted by molar-refractivity contribution is 7.09. The maximum Gasteiger partial charge on any atom is 0.270 e. The minimum Gasteiger partial charge on any atom is -0.385 e. The van der Waals surface area contributed by atoms with Crippen molar-refractivity contribution in [2.24, 2.45) is 11.1 Å². The van der Waals surface area contributed by atoms with Crippen LogP contribution >= 0.6 is 11.3 Å². The molecule has 0 atom stereocenters. The number of amides is 1. The van der Waals surface area contributed by atoms with E-state index in [0.29, 0.717) is 12.2 Å². The molecule has 1 heterocycles. The van der Waals surface area contributed by atoms with E-state index in [1.807, 2.05) is 5.38 Å². The summed E-state index contributed by atoms with van der Waals surface area (Å²) in [7, 11) is 1.72. The van der Waals surface area contributed by atoms with Crippen LogP contribution in [-0.4, -0.2) is 37.7 Å². The molecule has 20 heavy (non-hydrogen) atoms. The van der Waals surface area contributed by atoms with Crippen LogP contribution in [-0.2, 0) is 11.2 Å². The first-order valence-corrected chi connectivity index (χ1v) is 7.99. The monoisotopic (exact) mass is 297 g/mol. The molecule has 0 unspecified atom stereocenters. The third-order valence-corrected chi connectivity index (χ3v) is 4.93. The van der Waals surface area contributed by atoms with Crippen molar-refractivity contribution in [2.75, 3.05) is 26.8 Å². The van der Waals surface area contributed by atoms with Crippen molar-refractivity contribution < 1.29 is 9.53 Å². The first kappa shape index (κ1) is 15.4. The number of nitrogens with two attached hydrogens (primary N) is 1. The molecule has 1 aliphatic carbocycles. The van der Waals surface area contributed by atoms with Crippen LogP contribution in [0.15, 0.2) is 5.38 Å². The van der Waals surface area contributed by atoms with Gasteiger partial charge in [-0.1, -0.05) is 6.42 Å². The molecule has 0 aromatic carbocycles. The van der Waals surface area contributed by atoms with E-state index in [-0.39, 0.29) is 11.3 Å². The van der Waals surface area contributed by atoms with Crippen LogP contribution in [0.25, 0.3) is 0 Å². The lowest BCUT2D eigenvalue weighted by Crippen LogP contribution is -2.43. The number of hydrogen-bond donors (Lipinski definition) is 2. The largest absolute Gasteiger partial charge is 0.385 e. The topological polar surface area (TPSA) is 77.2 Å². The molecule has 0 aliphatic heterocycles. The lowest BCUT2D eigenvalue weighted by molar-refractivity contribution is 0.0630. The third-order valence-electron chi connectivity index (χ3n) is 4.02. The highest BCUT2D eigenvalue weighted by Gasteiger charge is 2.36. The summed E-state index contributed by atoms with van der Waals surface area (Å²) >= 11 is 1.50. The number of aromatic nitrogens is 1. The maximum absolute atomic E-state index is 12.1. The minimum atomic E-state index is -0.0757. The fourth-order valence-electron chi connectivity index (χ4n) is 2.52. The first-order valence-electron chi connectivity index (χ1n) is 7.11. The van der Waals surface area contributed by atoms with Crippen LogP contribution in [0.4, 0.5) is 0 Å². The molecule has 1 saturated carbocycles. The molecule has 3 N–H and O–H groups in total. The quantitative estimate of drug-likeness (QED) is 0.764. The number of nitrogens with zero attached hydrogens (tertiary/aromatic N) is 1. The van der Waals surface area contributed by atoms with Crippen molar-refractivity contribution in [1.82, 2.24) is 10.3 Å². The molecule has 0 bridgehead atoms. The van der Waals surface area contributed by atoms with Gasteiger partial charge in [0.2, 0.25) is 0 Å².